The lowest BCUT2D eigenvalue weighted by molar-refractivity contribution is -0.131. The first kappa shape index (κ1) is 15.7. The second-order valence-corrected chi connectivity index (χ2v) is 5.33. The normalized spacial score (nSPS) is 12.3. The van der Waals surface area contributed by atoms with Gasteiger partial charge in [0, 0.05) is 20.1 Å². The zero-order valence-electron chi connectivity index (χ0n) is 13.0. The second kappa shape index (κ2) is 6.71. The van der Waals surface area contributed by atoms with Crippen molar-refractivity contribution < 1.29 is 4.79 Å². The van der Waals surface area contributed by atoms with Crippen molar-refractivity contribution in [1.29, 1.82) is 0 Å². The van der Waals surface area contributed by atoms with Crippen molar-refractivity contribution in [3.63, 3.8) is 0 Å². The molecule has 3 heteroatoms. The molecule has 0 saturated heterocycles. The Morgan fingerprint density at radius 2 is 1.79 bits per heavy atom. The van der Waals surface area contributed by atoms with Crippen LogP contribution in [0.3, 0.4) is 0 Å². The molecule has 1 aromatic carbocycles. The summed E-state index contributed by atoms with van der Waals surface area (Å²) >= 11 is 0. The van der Waals surface area contributed by atoms with E-state index in [0.29, 0.717) is 0 Å². The topological polar surface area (TPSA) is 32.3 Å². The highest BCUT2D eigenvalue weighted by Crippen LogP contribution is 2.16. The molecule has 0 aliphatic heterocycles. The summed E-state index contributed by atoms with van der Waals surface area (Å²) in [5.41, 5.74) is 5.15. The number of amides is 1. The molecule has 3 nitrogen and oxygen atoms in total. The van der Waals surface area contributed by atoms with Crippen molar-refractivity contribution in [3.05, 3.63) is 34.4 Å². The largest absolute Gasteiger partial charge is 0.345 e. The predicted molar refractivity (Wildman–Crippen MR) is 80.3 cm³/mol. The van der Waals surface area contributed by atoms with E-state index in [4.69, 9.17) is 0 Å². The molecule has 0 saturated carbocycles. The smallest absolute Gasteiger partial charge is 0.239 e. The molecule has 0 radical (unpaired) electrons. The Morgan fingerprint density at radius 3 is 2.26 bits per heavy atom. The van der Waals surface area contributed by atoms with Crippen molar-refractivity contribution in [1.82, 2.24) is 10.2 Å². The molecule has 106 valence electrons. The molecule has 0 bridgehead atoms. The summed E-state index contributed by atoms with van der Waals surface area (Å²) < 4.78 is 0. The summed E-state index contributed by atoms with van der Waals surface area (Å²) in [6, 6.07) is 4.23. The average Bonchev–Trinajstić information content (AvgIpc) is 2.35. The Hall–Kier alpha value is -1.35. The average molecular weight is 262 g/mol. The van der Waals surface area contributed by atoms with Gasteiger partial charge in [-0.1, -0.05) is 17.7 Å². The second-order valence-electron chi connectivity index (χ2n) is 5.33. The number of rotatable bonds is 5. The van der Waals surface area contributed by atoms with Gasteiger partial charge in [-0.05, 0) is 51.3 Å². The minimum Gasteiger partial charge on any atom is -0.345 e. The molecule has 19 heavy (non-hydrogen) atoms. The fraction of sp³-hybridized carbons (Fsp3) is 0.562. The van der Waals surface area contributed by atoms with Gasteiger partial charge in [0.25, 0.3) is 0 Å². The molecular weight excluding hydrogens is 236 g/mol. The van der Waals surface area contributed by atoms with Crippen LogP contribution in [0.15, 0.2) is 12.1 Å². The summed E-state index contributed by atoms with van der Waals surface area (Å²) in [6.07, 6.45) is 0. The minimum absolute atomic E-state index is 0.143. The number of nitrogens with zero attached hydrogens (tertiary/aromatic N) is 1. The van der Waals surface area contributed by atoms with Gasteiger partial charge < -0.3 is 10.2 Å². The molecule has 0 fully saturated rings. The van der Waals surface area contributed by atoms with Gasteiger partial charge in [-0.25, -0.2) is 0 Å². The van der Waals surface area contributed by atoms with E-state index >= 15 is 0 Å². The van der Waals surface area contributed by atoms with Gasteiger partial charge in [-0.3, -0.25) is 4.79 Å². The fourth-order valence-electron chi connectivity index (χ4n) is 2.32. The van der Waals surface area contributed by atoms with Crippen LogP contribution in [-0.4, -0.2) is 30.4 Å². The molecule has 1 N–H and O–H groups in total. The summed E-state index contributed by atoms with van der Waals surface area (Å²) in [4.78, 5) is 13.7. The van der Waals surface area contributed by atoms with E-state index in [2.05, 4.69) is 38.2 Å². The first-order valence-electron chi connectivity index (χ1n) is 6.91. The highest BCUT2D eigenvalue weighted by atomic mass is 16.2. The van der Waals surface area contributed by atoms with Crippen LogP contribution < -0.4 is 5.32 Å². The van der Waals surface area contributed by atoms with Gasteiger partial charge in [-0.2, -0.15) is 0 Å². The van der Waals surface area contributed by atoms with Crippen molar-refractivity contribution >= 4 is 5.91 Å². The quantitative estimate of drug-likeness (QED) is 0.884. The van der Waals surface area contributed by atoms with E-state index in [-0.39, 0.29) is 11.9 Å². The Kier molecular flexibility index (Phi) is 5.55. The molecule has 1 atom stereocenters. The lowest BCUT2D eigenvalue weighted by atomic mass is 9.99. The maximum absolute atomic E-state index is 12.0. The lowest BCUT2D eigenvalue weighted by Crippen LogP contribution is -2.42. The number of aryl methyl sites for hydroxylation is 3. The zero-order chi connectivity index (χ0) is 14.6. The summed E-state index contributed by atoms with van der Waals surface area (Å²) in [7, 11) is 1.84. The molecule has 1 aromatic rings. The summed E-state index contributed by atoms with van der Waals surface area (Å²) in [6.45, 7) is 11.8. The van der Waals surface area contributed by atoms with Crippen LogP contribution in [0.5, 0.6) is 0 Å². The SMILES string of the molecule is CCN(C)C(=O)C(C)NCc1c(C)cc(C)cc1C. The van der Waals surface area contributed by atoms with Crippen LogP contribution in [0.1, 0.15) is 36.1 Å². The third-order valence-corrected chi connectivity index (χ3v) is 3.65. The van der Waals surface area contributed by atoms with Crippen molar-refractivity contribution in [3.8, 4) is 0 Å². The Bertz CT molecular complexity index is 431. The Labute approximate surface area is 117 Å². The fourth-order valence-corrected chi connectivity index (χ4v) is 2.32. The van der Waals surface area contributed by atoms with Crippen molar-refractivity contribution in [2.75, 3.05) is 13.6 Å². The van der Waals surface area contributed by atoms with E-state index in [0.717, 1.165) is 13.1 Å². The zero-order valence-corrected chi connectivity index (χ0v) is 13.0. The summed E-state index contributed by atoms with van der Waals surface area (Å²) in [5.74, 6) is 0.143. The standard InChI is InChI=1S/C16H26N2O/c1-7-18(6)16(19)14(5)17-10-15-12(3)8-11(2)9-13(15)4/h8-9,14,17H,7,10H2,1-6H3. The number of hydrogen-bond acceptors (Lipinski definition) is 2. The minimum atomic E-state index is -0.148. The van der Waals surface area contributed by atoms with Gasteiger partial charge in [0.05, 0.1) is 6.04 Å². The van der Waals surface area contributed by atoms with E-state index in [1.54, 1.807) is 4.90 Å². The van der Waals surface area contributed by atoms with Gasteiger partial charge in [0.1, 0.15) is 0 Å². The van der Waals surface area contributed by atoms with E-state index in [1.165, 1.54) is 22.3 Å². The molecule has 0 aliphatic rings. The van der Waals surface area contributed by atoms with Gasteiger partial charge in [0.15, 0.2) is 0 Å². The highest BCUT2D eigenvalue weighted by molar-refractivity contribution is 5.81. The van der Waals surface area contributed by atoms with Gasteiger partial charge in [0.2, 0.25) is 5.91 Å². The third kappa shape index (κ3) is 4.06. The van der Waals surface area contributed by atoms with Crippen LogP contribution in [0.4, 0.5) is 0 Å². The van der Waals surface area contributed by atoms with Crippen molar-refractivity contribution in [2.45, 2.75) is 47.2 Å². The van der Waals surface area contributed by atoms with Crippen LogP contribution in [-0.2, 0) is 11.3 Å². The molecule has 1 rings (SSSR count). The first-order valence-corrected chi connectivity index (χ1v) is 6.91. The van der Waals surface area contributed by atoms with Crippen LogP contribution in [0, 0.1) is 20.8 Å². The first-order chi connectivity index (χ1) is 8.86. The monoisotopic (exact) mass is 262 g/mol. The van der Waals surface area contributed by atoms with Crippen LogP contribution >= 0.6 is 0 Å². The maximum Gasteiger partial charge on any atom is 0.239 e. The number of likely N-dealkylation sites (N-methyl/N-ethyl adjacent to an activating group) is 1. The number of nitrogens with one attached hydrogen (secondary N) is 1. The molecule has 0 aliphatic carbocycles. The highest BCUT2D eigenvalue weighted by Gasteiger charge is 2.16. The Balaban J connectivity index is 2.70. The molecule has 0 aromatic heterocycles. The van der Waals surface area contributed by atoms with Crippen molar-refractivity contribution in [2.24, 2.45) is 0 Å². The molecule has 0 spiro atoms. The predicted octanol–water partition coefficient (Wildman–Crippen LogP) is 2.57. The number of hydrogen-bond donors (Lipinski definition) is 1. The number of carbonyl (C=O) groups is 1. The van der Waals surface area contributed by atoms with E-state index < -0.39 is 0 Å². The summed E-state index contributed by atoms with van der Waals surface area (Å²) in [5, 5.41) is 3.32. The van der Waals surface area contributed by atoms with Gasteiger partial charge >= 0.3 is 0 Å². The van der Waals surface area contributed by atoms with E-state index in [1.807, 2.05) is 20.9 Å². The molecular formula is C16H26N2O. The number of benzene rings is 1. The molecule has 1 amide bonds. The molecule has 1 unspecified atom stereocenters. The third-order valence-electron chi connectivity index (χ3n) is 3.65. The van der Waals surface area contributed by atoms with Crippen LogP contribution in [0.25, 0.3) is 0 Å². The number of carbonyl (C=O) groups excluding carboxylic acids is 1. The van der Waals surface area contributed by atoms with Gasteiger partial charge in [-0.15, -0.1) is 0 Å². The maximum atomic E-state index is 12.0. The Morgan fingerprint density at radius 1 is 1.26 bits per heavy atom. The van der Waals surface area contributed by atoms with E-state index in [9.17, 15) is 4.79 Å². The molecule has 0 heterocycles. The van der Waals surface area contributed by atoms with Crippen LogP contribution in [0.2, 0.25) is 0 Å². The lowest BCUT2D eigenvalue weighted by Gasteiger charge is -2.21.